The molecule has 2 unspecified atom stereocenters. The molecular formula is C13H17Cl3N2O. The molecule has 106 valence electrons. The SMILES string of the molecule is CC1CN(C(=O)c2cc(Cl)cc(Cl)c2)C(C)CN1.Cl. The molecule has 0 bridgehead atoms. The smallest absolute Gasteiger partial charge is 0.254 e. The van der Waals surface area contributed by atoms with Gasteiger partial charge in [0.15, 0.2) is 0 Å². The lowest BCUT2D eigenvalue weighted by molar-refractivity contribution is 0.0616. The second kappa shape index (κ2) is 6.80. The van der Waals surface area contributed by atoms with Crippen molar-refractivity contribution in [1.82, 2.24) is 10.2 Å². The fourth-order valence-corrected chi connectivity index (χ4v) is 2.67. The van der Waals surface area contributed by atoms with Gasteiger partial charge in [-0.1, -0.05) is 23.2 Å². The van der Waals surface area contributed by atoms with Crippen molar-refractivity contribution < 1.29 is 4.79 Å². The Morgan fingerprint density at radius 3 is 2.42 bits per heavy atom. The Morgan fingerprint density at radius 1 is 1.26 bits per heavy atom. The van der Waals surface area contributed by atoms with E-state index in [-0.39, 0.29) is 24.4 Å². The summed E-state index contributed by atoms with van der Waals surface area (Å²) in [7, 11) is 0. The monoisotopic (exact) mass is 322 g/mol. The van der Waals surface area contributed by atoms with Gasteiger partial charge in [-0.05, 0) is 32.0 Å². The number of benzene rings is 1. The van der Waals surface area contributed by atoms with Crippen LogP contribution in [-0.4, -0.2) is 36.0 Å². The Labute approximate surface area is 129 Å². The summed E-state index contributed by atoms with van der Waals surface area (Å²) in [5.74, 6) is -0.0137. The van der Waals surface area contributed by atoms with E-state index in [2.05, 4.69) is 12.2 Å². The molecule has 1 amide bonds. The molecule has 3 nitrogen and oxygen atoms in total. The van der Waals surface area contributed by atoms with Crippen molar-refractivity contribution in [1.29, 1.82) is 0 Å². The number of piperazine rings is 1. The van der Waals surface area contributed by atoms with Crippen LogP contribution in [0.1, 0.15) is 24.2 Å². The van der Waals surface area contributed by atoms with Gasteiger partial charge < -0.3 is 10.2 Å². The van der Waals surface area contributed by atoms with Gasteiger partial charge in [-0.3, -0.25) is 4.79 Å². The minimum Gasteiger partial charge on any atom is -0.333 e. The van der Waals surface area contributed by atoms with Gasteiger partial charge in [0.05, 0.1) is 0 Å². The highest BCUT2D eigenvalue weighted by atomic mass is 35.5. The van der Waals surface area contributed by atoms with Crippen molar-refractivity contribution in [2.24, 2.45) is 0 Å². The molecule has 1 aromatic rings. The molecule has 1 aromatic carbocycles. The number of rotatable bonds is 1. The van der Waals surface area contributed by atoms with Gasteiger partial charge in [-0.25, -0.2) is 0 Å². The van der Waals surface area contributed by atoms with E-state index in [1.54, 1.807) is 18.2 Å². The quantitative estimate of drug-likeness (QED) is 0.860. The first-order chi connectivity index (χ1) is 8.47. The van der Waals surface area contributed by atoms with E-state index in [0.717, 1.165) is 6.54 Å². The highest BCUT2D eigenvalue weighted by Gasteiger charge is 2.27. The molecule has 2 rings (SSSR count). The van der Waals surface area contributed by atoms with Gasteiger partial charge in [0, 0.05) is 40.8 Å². The standard InChI is InChI=1S/C13H16Cl2N2O.ClH/c1-8-7-17(9(2)6-16-8)13(18)10-3-11(14)5-12(15)4-10;/h3-5,8-9,16H,6-7H2,1-2H3;1H. The molecule has 1 saturated heterocycles. The van der Waals surface area contributed by atoms with Gasteiger partial charge in [0.1, 0.15) is 0 Å². The van der Waals surface area contributed by atoms with Crippen LogP contribution >= 0.6 is 35.6 Å². The molecule has 1 aliphatic heterocycles. The van der Waals surface area contributed by atoms with Crippen molar-refractivity contribution in [3.05, 3.63) is 33.8 Å². The molecule has 1 fully saturated rings. The lowest BCUT2D eigenvalue weighted by Crippen LogP contribution is -2.56. The average Bonchev–Trinajstić information content (AvgIpc) is 2.30. The second-order valence-corrected chi connectivity index (χ2v) is 5.65. The van der Waals surface area contributed by atoms with Crippen molar-refractivity contribution in [3.63, 3.8) is 0 Å². The van der Waals surface area contributed by atoms with Gasteiger partial charge in [0.2, 0.25) is 0 Å². The van der Waals surface area contributed by atoms with E-state index >= 15 is 0 Å². The molecule has 1 N–H and O–H groups in total. The minimum absolute atomic E-state index is 0. The Kier molecular flexibility index (Phi) is 5.93. The van der Waals surface area contributed by atoms with Crippen molar-refractivity contribution in [3.8, 4) is 0 Å². The maximum atomic E-state index is 12.4. The van der Waals surface area contributed by atoms with Crippen LogP contribution in [0.3, 0.4) is 0 Å². The molecule has 0 aliphatic carbocycles. The number of hydrogen-bond acceptors (Lipinski definition) is 2. The van der Waals surface area contributed by atoms with E-state index in [4.69, 9.17) is 23.2 Å². The Balaban J connectivity index is 0.00000180. The summed E-state index contributed by atoms with van der Waals surface area (Å²) < 4.78 is 0. The minimum atomic E-state index is -0.0137. The van der Waals surface area contributed by atoms with E-state index in [9.17, 15) is 4.79 Å². The summed E-state index contributed by atoms with van der Waals surface area (Å²) in [6.45, 7) is 5.60. The molecule has 0 spiro atoms. The zero-order valence-electron chi connectivity index (χ0n) is 10.8. The number of hydrogen-bond donors (Lipinski definition) is 1. The highest BCUT2D eigenvalue weighted by Crippen LogP contribution is 2.21. The molecule has 2 atom stereocenters. The van der Waals surface area contributed by atoms with E-state index < -0.39 is 0 Å². The van der Waals surface area contributed by atoms with Crippen LogP contribution in [-0.2, 0) is 0 Å². The lowest BCUT2D eigenvalue weighted by Gasteiger charge is -2.37. The summed E-state index contributed by atoms with van der Waals surface area (Å²) >= 11 is 11.9. The van der Waals surface area contributed by atoms with E-state index in [1.807, 2.05) is 11.8 Å². The van der Waals surface area contributed by atoms with Crippen LogP contribution in [0.15, 0.2) is 18.2 Å². The summed E-state index contributed by atoms with van der Waals surface area (Å²) in [6, 6.07) is 5.43. The third kappa shape index (κ3) is 3.99. The van der Waals surface area contributed by atoms with Gasteiger partial charge >= 0.3 is 0 Å². The molecule has 0 aromatic heterocycles. The first-order valence-corrected chi connectivity index (χ1v) is 6.73. The third-order valence-electron chi connectivity index (χ3n) is 3.13. The highest BCUT2D eigenvalue weighted by molar-refractivity contribution is 6.35. The molecule has 1 aliphatic rings. The third-order valence-corrected chi connectivity index (χ3v) is 3.57. The Morgan fingerprint density at radius 2 is 1.84 bits per heavy atom. The lowest BCUT2D eigenvalue weighted by atomic mass is 10.1. The topological polar surface area (TPSA) is 32.3 Å². The van der Waals surface area contributed by atoms with Crippen molar-refractivity contribution in [2.45, 2.75) is 25.9 Å². The molecule has 0 radical (unpaired) electrons. The number of nitrogens with zero attached hydrogens (tertiary/aromatic N) is 1. The van der Waals surface area contributed by atoms with Crippen LogP contribution in [0.4, 0.5) is 0 Å². The molecular weight excluding hydrogens is 307 g/mol. The molecule has 19 heavy (non-hydrogen) atoms. The average molecular weight is 324 g/mol. The first-order valence-electron chi connectivity index (χ1n) is 5.98. The van der Waals surface area contributed by atoms with Crippen LogP contribution < -0.4 is 5.32 Å². The number of amides is 1. The molecule has 1 heterocycles. The van der Waals surface area contributed by atoms with Crippen LogP contribution in [0, 0.1) is 0 Å². The summed E-state index contributed by atoms with van der Waals surface area (Å²) in [6.07, 6.45) is 0. The Hall–Kier alpha value is -0.480. The van der Waals surface area contributed by atoms with E-state index in [1.165, 1.54) is 0 Å². The number of nitrogens with one attached hydrogen (secondary N) is 1. The van der Waals surface area contributed by atoms with Crippen LogP contribution in [0.25, 0.3) is 0 Å². The number of carbonyl (C=O) groups excluding carboxylic acids is 1. The first kappa shape index (κ1) is 16.6. The van der Waals surface area contributed by atoms with Gasteiger partial charge in [-0.2, -0.15) is 0 Å². The number of carbonyl (C=O) groups is 1. The maximum absolute atomic E-state index is 12.4. The summed E-state index contributed by atoms with van der Waals surface area (Å²) in [4.78, 5) is 14.3. The van der Waals surface area contributed by atoms with E-state index in [0.29, 0.717) is 28.2 Å². The fraction of sp³-hybridized carbons (Fsp3) is 0.462. The van der Waals surface area contributed by atoms with Gasteiger partial charge in [-0.15, -0.1) is 12.4 Å². The Bertz CT molecular complexity index is 447. The maximum Gasteiger partial charge on any atom is 0.254 e. The predicted molar refractivity (Wildman–Crippen MR) is 81.7 cm³/mol. The number of halogens is 3. The fourth-order valence-electron chi connectivity index (χ4n) is 2.15. The summed E-state index contributed by atoms with van der Waals surface area (Å²) in [5, 5.41) is 4.32. The van der Waals surface area contributed by atoms with Gasteiger partial charge in [0.25, 0.3) is 5.91 Å². The van der Waals surface area contributed by atoms with Crippen LogP contribution in [0.5, 0.6) is 0 Å². The van der Waals surface area contributed by atoms with Crippen molar-refractivity contribution >= 4 is 41.5 Å². The molecule has 0 saturated carbocycles. The largest absolute Gasteiger partial charge is 0.333 e. The summed E-state index contributed by atoms with van der Waals surface area (Å²) in [5.41, 5.74) is 0.549. The second-order valence-electron chi connectivity index (χ2n) is 4.77. The predicted octanol–water partition coefficient (Wildman–Crippen LogP) is 3.24. The normalized spacial score (nSPS) is 22.8. The zero-order valence-corrected chi connectivity index (χ0v) is 13.1. The zero-order chi connectivity index (χ0) is 13.3. The molecule has 6 heteroatoms. The van der Waals surface area contributed by atoms with Crippen molar-refractivity contribution in [2.75, 3.05) is 13.1 Å². The van der Waals surface area contributed by atoms with Crippen LogP contribution in [0.2, 0.25) is 10.0 Å².